The van der Waals surface area contributed by atoms with Crippen LogP contribution >= 0.6 is 47.8 Å². The van der Waals surface area contributed by atoms with Gasteiger partial charge in [-0.25, -0.2) is 0 Å². The Bertz CT molecular complexity index is 2890. The summed E-state index contributed by atoms with van der Waals surface area (Å²) < 4.78 is 3.08. The molecule has 63 heavy (non-hydrogen) atoms. The topological polar surface area (TPSA) is 38.7 Å². The first-order valence-electron chi connectivity index (χ1n) is 20.5. The molecule has 0 saturated heterocycles. The Hall–Kier alpha value is -6.57. The molecule has 0 aliphatic heterocycles. The maximum absolute atomic E-state index is 4.94. The molecule has 0 aliphatic carbocycles. The van der Waals surface area contributed by atoms with Crippen LogP contribution in [0.25, 0.3) is 101 Å². The van der Waals surface area contributed by atoms with E-state index in [1.165, 1.54) is 0 Å². The van der Waals surface area contributed by atoms with E-state index in [4.69, 9.17) is 15.0 Å². The Balaban J connectivity index is 1.11. The van der Waals surface area contributed by atoms with Crippen LogP contribution in [0.1, 0.15) is 0 Å². The lowest BCUT2D eigenvalue weighted by Crippen LogP contribution is -1.93. The van der Waals surface area contributed by atoms with Crippen molar-refractivity contribution in [2.75, 3.05) is 0 Å². The fourth-order valence-corrected chi connectivity index (χ4v) is 9.37. The van der Waals surface area contributed by atoms with Crippen LogP contribution in [0.5, 0.6) is 0 Å². The number of nitrogens with zero attached hydrogens (tertiary/aromatic N) is 3. The van der Waals surface area contributed by atoms with Crippen molar-refractivity contribution >= 4 is 47.8 Å². The molecule has 10 aromatic rings. The molecular formula is C57H36Br3N3. The van der Waals surface area contributed by atoms with E-state index in [0.717, 1.165) is 114 Å². The first kappa shape index (κ1) is 40.5. The maximum atomic E-state index is 4.94. The third-order valence-electron chi connectivity index (χ3n) is 11.2. The third-order valence-corrected chi connectivity index (χ3v) is 12.7. The predicted molar refractivity (Wildman–Crippen MR) is 272 cm³/mol. The van der Waals surface area contributed by atoms with Crippen molar-refractivity contribution < 1.29 is 0 Å². The van der Waals surface area contributed by atoms with Crippen molar-refractivity contribution in [3.05, 3.63) is 232 Å². The van der Waals surface area contributed by atoms with Gasteiger partial charge in [0.1, 0.15) is 0 Å². The van der Waals surface area contributed by atoms with Gasteiger partial charge in [0.2, 0.25) is 0 Å². The monoisotopic (exact) mass is 999 g/mol. The van der Waals surface area contributed by atoms with E-state index in [1.54, 1.807) is 0 Å². The zero-order chi connectivity index (χ0) is 42.7. The van der Waals surface area contributed by atoms with Gasteiger partial charge in [-0.15, -0.1) is 0 Å². The van der Waals surface area contributed by atoms with Gasteiger partial charge in [0, 0.05) is 65.4 Å². The summed E-state index contributed by atoms with van der Waals surface area (Å²) >= 11 is 10.9. The van der Waals surface area contributed by atoms with Crippen molar-refractivity contribution in [1.29, 1.82) is 0 Å². The van der Waals surface area contributed by atoms with Crippen LogP contribution in [0.4, 0.5) is 0 Å². The molecule has 0 aliphatic rings. The molecule has 0 N–H and O–H groups in total. The highest BCUT2D eigenvalue weighted by molar-refractivity contribution is 9.11. The Morgan fingerprint density at radius 3 is 0.730 bits per heavy atom. The minimum atomic E-state index is 0.924. The van der Waals surface area contributed by atoms with Gasteiger partial charge in [-0.05, 0) is 123 Å². The largest absolute Gasteiger partial charge is 0.256 e. The van der Waals surface area contributed by atoms with Crippen LogP contribution in [0, 0.1) is 0 Å². The van der Waals surface area contributed by atoms with Crippen LogP contribution in [0.15, 0.2) is 232 Å². The lowest BCUT2D eigenvalue weighted by molar-refractivity contribution is 1.32. The summed E-state index contributed by atoms with van der Waals surface area (Å²) in [7, 11) is 0. The fraction of sp³-hybridized carbons (Fsp3) is 0. The van der Waals surface area contributed by atoms with Crippen LogP contribution in [0.2, 0.25) is 0 Å². The molecule has 3 aromatic heterocycles. The number of pyridine rings is 3. The normalized spacial score (nSPS) is 11.1. The van der Waals surface area contributed by atoms with Gasteiger partial charge in [-0.1, -0.05) is 175 Å². The Labute approximate surface area is 392 Å². The van der Waals surface area contributed by atoms with Crippen LogP contribution in [0.3, 0.4) is 0 Å². The fourth-order valence-electron chi connectivity index (χ4n) is 8.17. The number of benzene rings is 7. The second-order valence-corrected chi connectivity index (χ2v) is 18.0. The van der Waals surface area contributed by atoms with Gasteiger partial charge in [-0.3, -0.25) is 15.0 Å². The minimum Gasteiger partial charge on any atom is -0.256 e. The summed E-state index contributed by atoms with van der Waals surface area (Å²) in [4.78, 5) is 14.8. The van der Waals surface area contributed by atoms with Crippen LogP contribution in [-0.2, 0) is 0 Å². The van der Waals surface area contributed by atoms with Gasteiger partial charge in [0.25, 0.3) is 0 Å². The predicted octanol–water partition coefficient (Wildman–Crippen LogP) is 17.2. The standard InChI is InChI=1S/C57H36Br3N3/c58-46-13-7-10-37(31-46)55-25-22-40(34-61-55)49-16-1-4-19-52(49)43-28-44(53-20-5-2-17-50(53)41-23-26-56(62-35-41)38-11-8-14-47(59)32-38)30-45(29-43)54-21-6-3-18-51(54)42-24-27-57(63-36-42)39-12-9-15-48(60)33-39/h1-36H. The van der Waals surface area contributed by atoms with Crippen LogP contribution in [-0.4, -0.2) is 15.0 Å². The number of halogens is 3. The highest BCUT2D eigenvalue weighted by Gasteiger charge is 2.17. The Kier molecular flexibility index (Phi) is 11.6. The average Bonchev–Trinajstić information content (AvgIpc) is 3.34. The van der Waals surface area contributed by atoms with E-state index in [0.29, 0.717) is 0 Å². The molecule has 3 heterocycles. The minimum absolute atomic E-state index is 0.924. The molecule has 0 atom stereocenters. The number of hydrogen-bond acceptors (Lipinski definition) is 3. The van der Waals surface area contributed by atoms with Crippen LogP contribution < -0.4 is 0 Å². The number of hydrogen-bond donors (Lipinski definition) is 0. The van der Waals surface area contributed by atoms with Crippen molar-refractivity contribution in [2.24, 2.45) is 0 Å². The second kappa shape index (κ2) is 18.0. The molecule has 0 amide bonds. The molecule has 0 fully saturated rings. The van der Waals surface area contributed by atoms with Gasteiger partial charge < -0.3 is 0 Å². The summed E-state index contributed by atoms with van der Waals surface area (Å²) in [5.74, 6) is 0. The van der Waals surface area contributed by atoms with Gasteiger partial charge in [0.15, 0.2) is 0 Å². The molecule has 0 spiro atoms. The average molecular weight is 1000 g/mol. The summed E-state index contributed by atoms with van der Waals surface area (Å²) in [6, 6.07) is 70.4. The summed E-state index contributed by atoms with van der Waals surface area (Å²) in [6.07, 6.45) is 5.96. The Morgan fingerprint density at radius 1 is 0.222 bits per heavy atom. The molecule has 3 nitrogen and oxygen atoms in total. The Morgan fingerprint density at radius 2 is 0.492 bits per heavy atom. The van der Waals surface area contributed by atoms with Gasteiger partial charge in [-0.2, -0.15) is 0 Å². The van der Waals surface area contributed by atoms with Gasteiger partial charge in [0.05, 0.1) is 17.1 Å². The molecule has 0 saturated carbocycles. The van der Waals surface area contributed by atoms with E-state index in [-0.39, 0.29) is 0 Å². The molecule has 0 radical (unpaired) electrons. The molecule has 7 aromatic carbocycles. The van der Waals surface area contributed by atoms with E-state index in [9.17, 15) is 0 Å². The molecule has 0 unspecified atom stereocenters. The molecular weight excluding hydrogens is 966 g/mol. The molecule has 6 heteroatoms. The van der Waals surface area contributed by atoms with Crippen molar-refractivity contribution in [3.63, 3.8) is 0 Å². The van der Waals surface area contributed by atoms with E-state index < -0.39 is 0 Å². The first-order chi connectivity index (χ1) is 30.9. The van der Waals surface area contributed by atoms with Gasteiger partial charge >= 0.3 is 0 Å². The molecule has 300 valence electrons. The third kappa shape index (κ3) is 8.76. The van der Waals surface area contributed by atoms with Crippen molar-refractivity contribution in [2.45, 2.75) is 0 Å². The lowest BCUT2D eigenvalue weighted by atomic mass is 9.86. The summed E-state index contributed by atoms with van der Waals surface area (Å²) in [5.41, 5.74) is 19.1. The zero-order valence-electron chi connectivity index (χ0n) is 33.8. The lowest BCUT2D eigenvalue weighted by Gasteiger charge is -2.18. The highest BCUT2D eigenvalue weighted by atomic mass is 79.9. The number of aromatic nitrogens is 3. The quantitative estimate of drug-likeness (QED) is 0.145. The second-order valence-electron chi connectivity index (χ2n) is 15.3. The smallest absolute Gasteiger partial charge is 0.0702 e. The highest BCUT2D eigenvalue weighted by Crippen LogP contribution is 2.42. The van der Waals surface area contributed by atoms with E-state index >= 15 is 0 Å². The van der Waals surface area contributed by atoms with Crippen molar-refractivity contribution in [1.82, 2.24) is 15.0 Å². The first-order valence-corrected chi connectivity index (χ1v) is 22.9. The van der Waals surface area contributed by atoms with E-state index in [2.05, 4.69) is 212 Å². The molecule has 0 bridgehead atoms. The van der Waals surface area contributed by atoms with Crippen molar-refractivity contribution in [3.8, 4) is 101 Å². The zero-order valence-corrected chi connectivity index (χ0v) is 38.5. The summed E-state index contributed by atoms with van der Waals surface area (Å²) in [5, 5.41) is 0. The SMILES string of the molecule is Brc1cccc(-c2ccc(-c3ccccc3-c3cc(-c4ccccc4-c4ccc(-c5cccc(Br)c5)nc4)cc(-c4ccccc4-c4ccc(-c5cccc(Br)c5)nc4)c3)cn2)c1. The summed E-state index contributed by atoms with van der Waals surface area (Å²) in [6.45, 7) is 0. The maximum Gasteiger partial charge on any atom is 0.0702 e. The molecule has 10 rings (SSSR count). The number of rotatable bonds is 9. The van der Waals surface area contributed by atoms with E-state index in [1.807, 2.05) is 55.0 Å².